The Balaban J connectivity index is 1.40. The van der Waals surface area contributed by atoms with Crippen LogP contribution in [0.4, 0.5) is 17.6 Å². The van der Waals surface area contributed by atoms with E-state index in [1.54, 1.807) is 12.1 Å². The number of aromatic nitrogens is 1. The first-order chi connectivity index (χ1) is 17.6. The molecule has 194 valence electrons. The molecule has 0 radical (unpaired) electrons. The van der Waals surface area contributed by atoms with Gasteiger partial charge in [-0.1, -0.05) is 36.4 Å². The smallest absolute Gasteiger partial charge is 0.340 e. The Morgan fingerprint density at radius 1 is 0.919 bits per heavy atom. The van der Waals surface area contributed by atoms with Crippen LogP contribution in [-0.2, 0) is 22.7 Å². The van der Waals surface area contributed by atoms with Gasteiger partial charge in [0.05, 0.1) is 10.5 Å². The zero-order valence-electron chi connectivity index (χ0n) is 20.2. The first kappa shape index (κ1) is 25.5. The molecule has 1 aliphatic rings. The SMILES string of the molecule is Cc1c(C2CCN(S(=O)(=O)c3cccc(C(F)(F)F)c3)CC2)c2ccccc2n1Cc1ccc(F)cc1. The van der Waals surface area contributed by atoms with E-state index in [9.17, 15) is 26.0 Å². The van der Waals surface area contributed by atoms with Gasteiger partial charge in [0.15, 0.2) is 0 Å². The summed E-state index contributed by atoms with van der Waals surface area (Å²) in [6, 6.07) is 18.4. The summed E-state index contributed by atoms with van der Waals surface area (Å²) in [5.74, 6) is -0.183. The summed E-state index contributed by atoms with van der Waals surface area (Å²) in [5.41, 5.74) is 3.28. The van der Waals surface area contributed by atoms with Crippen molar-refractivity contribution in [3.05, 3.63) is 101 Å². The maximum atomic E-state index is 13.4. The van der Waals surface area contributed by atoms with E-state index in [0.29, 0.717) is 25.5 Å². The number of piperidine rings is 1. The standard InChI is InChI=1S/C28H26F4N2O2S/c1-19-27(25-7-2-3-8-26(25)34(19)18-20-9-11-23(29)12-10-20)21-13-15-33(16-14-21)37(35,36)24-6-4-5-22(17-24)28(30,31)32/h2-12,17,21H,13-16,18H2,1H3. The number of sulfonamides is 1. The van der Waals surface area contributed by atoms with Crippen LogP contribution in [0.3, 0.4) is 0 Å². The van der Waals surface area contributed by atoms with Crippen LogP contribution in [0.2, 0.25) is 0 Å². The number of para-hydroxylation sites is 1. The molecule has 0 unspecified atom stereocenters. The third-order valence-corrected chi connectivity index (χ3v) is 9.09. The second kappa shape index (κ2) is 9.61. The minimum absolute atomic E-state index is 0.104. The minimum Gasteiger partial charge on any atom is -0.340 e. The van der Waals surface area contributed by atoms with Crippen LogP contribution < -0.4 is 0 Å². The van der Waals surface area contributed by atoms with Crippen LogP contribution in [-0.4, -0.2) is 30.4 Å². The molecule has 5 rings (SSSR count). The van der Waals surface area contributed by atoms with E-state index in [-0.39, 0.29) is 29.7 Å². The fraction of sp³-hybridized carbons (Fsp3) is 0.286. The Bertz CT molecular complexity index is 1530. The van der Waals surface area contributed by atoms with E-state index in [1.807, 2.05) is 25.1 Å². The highest BCUT2D eigenvalue weighted by molar-refractivity contribution is 7.89. The van der Waals surface area contributed by atoms with Crippen molar-refractivity contribution >= 4 is 20.9 Å². The third-order valence-electron chi connectivity index (χ3n) is 7.19. The van der Waals surface area contributed by atoms with Crippen molar-refractivity contribution in [3.63, 3.8) is 0 Å². The maximum Gasteiger partial charge on any atom is 0.416 e. The normalized spacial score (nSPS) is 15.9. The van der Waals surface area contributed by atoms with E-state index in [4.69, 9.17) is 0 Å². The first-order valence-corrected chi connectivity index (χ1v) is 13.5. The van der Waals surface area contributed by atoms with Gasteiger partial charge in [0.2, 0.25) is 10.0 Å². The van der Waals surface area contributed by atoms with Crippen LogP contribution in [0.5, 0.6) is 0 Å². The molecule has 0 bridgehead atoms. The Morgan fingerprint density at radius 3 is 2.27 bits per heavy atom. The summed E-state index contributed by atoms with van der Waals surface area (Å²) < 4.78 is 82.6. The van der Waals surface area contributed by atoms with E-state index < -0.39 is 21.8 Å². The molecule has 4 aromatic rings. The number of hydrogen-bond donors (Lipinski definition) is 0. The molecule has 0 saturated carbocycles. The Morgan fingerprint density at radius 2 is 1.59 bits per heavy atom. The van der Waals surface area contributed by atoms with Gasteiger partial charge in [-0.25, -0.2) is 12.8 Å². The van der Waals surface area contributed by atoms with Crippen LogP contribution in [0.15, 0.2) is 77.7 Å². The second-order valence-electron chi connectivity index (χ2n) is 9.43. The van der Waals surface area contributed by atoms with E-state index in [0.717, 1.165) is 39.9 Å². The number of nitrogens with zero attached hydrogens (tertiary/aromatic N) is 2. The molecule has 0 aliphatic carbocycles. The number of halogens is 4. The molecule has 0 N–H and O–H groups in total. The summed E-state index contributed by atoms with van der Waals surface area (Å²) >= 11 is 0. The molecular weight excluding hydrogens is 504 g/mol. The average molecular weight is 531 g/mol. The highest BCUT2D eigenvalue weighted by atomic mass is 32.2. The van der Waals surface area contributed by atoms with Gasteiger partial charge in [0.25, 0.3) is 0 Å². The molecule has 0 amide bonds. The summed E-state index contributed by atoms with van der Waals surface area (Å²) in [5, 5.41) is 1.10. The van der Waals surface area contributed by atoms with Crippen molar-refractivity contribution in [3.8, 4) is 0 Å². The van der Waals surface area contributed by atoms with Crippen molar-refractivity contribution in [2.75, 3.05) is 13.1 Å². The number of alkyl halides is 3. The van der Waals surface area contributed by atoms with Gasteiger partial charge < -0.3 is 4.57 Å². The monoisotopic (exact) mass is 530 g/mol. The second-order valence-corrected chi connectivity index (χ2v) is 11.4. The molecule has 1 fully saturated rings. The number of fused-ring (bicyclic) bond motifs is 1. The van der Waals surface area contributed by atoms with E-state index in [1.165, 1.54) is 22.5 Å². The Labute approximate surface area is 213 Å². The van der Waals surface area contributed by atoms with Crippen molar-refractivity contribution in [2.45, 2.75) is 43.3 Å². The lowest BCUT2D eigenvalue weighted by molar-refractivity contribution is -0.137. The summed E-state index contributed by atoms with van der Waals surface area (Å²) in [4.78, 5) is -0.340. The molecule has 0 spiro atoms. The summed E-state index contributed by atoms with van der Waals surface area (Å²) in [7, 11) is -4.04. The molecule has 1 saturated heterocycles. The molecule has 4 nitrogen and oxygen atoms in total. The van der Waals surface area contributed by atoms with Gasteiger partial charge in [-0.2, -0.15) is 17.5 Å². The fourth-order valence-corrected chi connectivity index (χ4v) is 6.83. The Hall–Kier alpha value is -3.17. The quantitative estimate of drug-likeness (QED) is 0.269. The zero-order chi connectivity index (χ0) is 26.4. The van der Waals surface area contributed by atoms with Crippen LogP contribution in [0.1, 0.15) is 41.1 Å². The topological polar surface area (TPSA) is 42.3 Å². The lowest BCUT2D eigenvalue weighted by atomic mass is 9.88. The largest absolute Gasteiger partial charge is 0.416 e. The van der Waals surface area contributed by atoms with Gasteiger partial charge in [-0.15, -0.1) is 0 Å². The maximum absolute atomic E-state index is 13.4. The molecule has 0 atom stereocenters. The lowest BCUT2D eigenvalue weighted by Crippen LogP contribution is -2.38. The minimum atomic E-state index is -4.61. The van der Waals surface area contributed by atoms with E-state index in [2.05, 4.69) is 10.6 Å². The van der Waals surface area contributed by atoms with Crippen LogP contribution in [0, 0.1) is 12.7 Å². The van der Waals surface area contributed by atoms with Gasteiger partial charge in [0, 0.05) is 36.2 Å². The lowest BCUT2D eigenvalue weighted by Gasteiger charge is -2.32. The zero-order valence-corrected chi connectivity index (χ0v) is 21.0. The first-order valence-electron chi connectivity index (χ1n) is 12.1. The predicted molar refractivity (Wildman–Crippen MR) is 134 cm³/mol. The summed E-state index contributed by atoms with van der Waals surface area (Å²) in [6.45, 7) is 3.07. The predicted octanol–water partition coefficient (Wildman–Crippen LogP) is 6.72. The molecule has 37 heavy (non-hydrogen) atoms. The van der Waals surface area contributed by atoms with Gasteiger partial charge in [-0.05, 0) is 73.2 Å². The average Bonchev–Trinajstić information content (AvgIpc) is 3.16. The highest BCUT2D eigenvalue weighted by Crippen LogP contribution is 2.39. The molecule has 9 heteroatoms. The number of hydrogen-bond acceptors (Lipinski definition) is 2. The van der Waals surface area contributed by atoms with Gasteiger partial charge in [-0.3, -0.25) is 0 Å². The van der Waals surface area contributed by atoms with Crippen LogP contribution in [0.25, 0.3) is 10.9 Å². The molecule has 1 aliphatic heterocycles. The molecule has 2 heterocycles. The third kappa shape index (κ3) is 4.90. The number of benzene rings is 3. The molecule has 1 aromatic heterocycles. The van der Waals surface area contributed by atoms with Gasteiger partial charge >= 0.3 is 6.18 Å². The van der Waals surface area contributed by atoms with E-state index >= 15 is 0 Å². The highest BCUT2D eigenvalue weighted by Gasteiger charge is 2.35. The van der Waals surface area contributed by atoms with Crippen molar-refractivity contribution in [2.24, 2.45) is 0 Å². The summed E-state index contributed by atoms with van der Waals surface area (Å²) in [6.07, 6.45) is -3.49. The van der Waals surface area contributed by atoms with Crippen molar-refractivity contribution in [1.29, 1.82) is 0 Å². The van der Waals surface area contributed by atoms with Crippen molar-refractivity contribution < 1.29 is 26.0 Å². The number of rotatable bonds is 5. The Kier molecular flexibility index (Phi) is 6.62. The van der Waals surface area contributed by atoms with Crippen LogP contribution >= 0.6 is 0 Å². The van der Waals surface area contributed by atoms with Crippen molar-refractivity contribution in [1.82, 2.24) is 8.87 Å². The van der Waals surface area contributed by atoms with Gasteiger partial charge in [0.1, 0.15) is 5.82 Å². The fourth-order valence-electron chi connectivity index (χ4n) is 5.32. The molecule has 3 aromatic carbocycles. The molecular formula is C28H26F4N2O2S.